The van der Waals surface area contributed by atoms with E-state index in [9.17, 15) is 0 Å². The zero-order valence-corrected chi connectivity index (χ0v) is 18.6. The van der Waals surface area contributed by atoms with E-state index in [4.69, 9.17) is 4.99 Å². The molecule has 1 atom stereocenters. The van der Waals surface area contributed by atoms with E-state index in [-0.39, 0.29) is 24.0 Å². The molecule has 150 valence electrons. The van der Waals surface area contributed by atoms with Crippen molar-refractivity contribution in [2.45, 2.75) is 39.2 Å². The van der Waals surface area contributed by atoms with Crippen LogP contribution in [0, 0.1) is 5.92 Å². The minimum atomic E-state index is 0. The lowest BCUT2D eigenvalue weighted by Gasteiger charge is -2.21. The zero-order valence-electron chi connectivity index (χ0n) is 16.3. The number of nitrogens with zero attached hydrogens (tertiary/aromatic N) is 7. The molecule has 1 N–H and O–H groups in total. The quantitative estimate of drug-likeness (QED) is 0.267. The second kappa shape index (κ2) is 11.3. The number of hydrogen-bond acceptors (Lipinski definition) is 4. The molecule has 1 unspecified atom stereocenters. The normalized spacial score (nSPS) is 17.2. The lowest BCUT2D eigenvalue weighted by atomic mass is 10.0. The molecule has 8 nitrogen and oxygen atoms in total. The summed E-state index contributed by atoms with van der Waals surface area (Å²) >= 11 is 0. The zero-order chi connectivity index (χ0) is 18.2. The second-order valence-corrected chi connectivity index (χ2v) is 6.97. The van der Waals surface area contributed by atoms with Crippen molar-refractivity contribution in [2.24, 2.45) is 18.0 Å². The number of likely N-dealkylation sites (tertiary alicyclic amines) is 1. The maximum atomic E-state index is 4.83. The third-order valence-electron chi connectivity index (χ3n) is 4.76. The minimum absolute atomic E-state index is 0. The van der Waals surface area contributed by atoms with E-state index < -0.39 is 0 Å². The summed E-state index contributed by atoms with van der Waals surface area (Å²) < 4.78 is 3.89. The predicted molar refractivity (Wildman–Crippen MR) is 117 cm³/mol. The van der Waals surface area contributed by atoms with Crippen LogP contribution in [-0.2, 0) is 20.0 Å². The number of aryl methyl sites for hydroxylation is 2. The summed E-state index contributed by atoms with van der Waals surface area (Å²) in [4.78, 5) is 7.24. The molecule has 3 rings (SSSR count). The average molecular weight is 486 g/mol. The van der Waals surface area contributed by atoms with Crippen molar-refractivity contribution in [2.75, 3.05) is 26.2 Å². The third-order valence-corrected chi connectivity index (χ3v) is 4.76. The van der Waals surface area contributed by atoms with Crippen LogP contribution in [0.15, 0.2) is 30.0 Å². The molecule has 2 aromatic heterocycles. The summed E-state index contributed by atoms with van der Waals surface area (Å²) in [6.07, 6.45) is 12.1. The predicted octanol–water partition coefficient (Wildman–Crippen LogP) is 1.94. The Bertz CT molecular complexity index is 681. The van der Waals surface area contributed by atoms with Gasteiger partial charge in [0.15, 0.2) is 5.96 Å². The molecule has 0 saturated carbocycles. The van der Waals surface area contributed by atoms with Crippen molar-refractivity contribution in [3.8, 4) is 0 Å². The fourth-order valence-corrected chi connectivity index (χ4v) is 3.46. The molecule has 27 heavy (non-hydrogen) atoms. The van der Waals surface area contributed by atoms with Gasteiger partial charge < -0.3 is 14.8 Å². The third kappa shape index (κ3) is 6.78. The number of halogens is 1. The highest BCUT2D eigenvalue weighted by atomic mass is 127. The Morgan fingerprint density at radius 2 is 2.11 bits per heavy atom. The van der Waals surface area contributed by atoms with E-state index in [1.807, 2.05) is 22.5 Å². The number of hydrogen-bond donors (Lipinski definition) is 1. The van der Waals surface area contributed by atoms with E-state index in [0.29, 0.717) is 5.92 Å². The van der Waals surface area contributed by atoms with Gasteiger partial charge >= 0.3 is 0 Å². The van der Waals surface area contributed by atoms with Crippen LogP contribution in [0.2, 0.25) is 0 Å². The Hall–Kier alpha value is -1.65. The number of aromatic nitrogens is 5. The summed E-state index contributed by atoms with van der Waals surface area (Å²) in [5.41, 5.74) is 1.33. The summed E-state index contributed by atoms with van der Waals surface area (Å²) in [6.45, 7) is 7.00. The van der Waals surface area contributed by atoms with Crippen LogP contribution in [0.3, 0.4) is 0 Å². The van der Waals surface area contributed by atoms with E-state index in [1.165, 1.54) is 12.0 Å². The van der Waals surface area contributed by atoms with Crippen molar-refractivity contribution in [1.82, 2.24) is 34.8 Å². The molecule has 0 aromatic carbocycles. The fourth-order valence-electron chi connectivity index (χ4n) is 3.46. The molecule has 3 heterocycles. The number of rotatable bonds is 8. The molecule has 0 bridgehead atoms. The van der Waals surface area contributed by atoms with Crippen molar-refractivity contribution in [3.05, 3.63) is 30.6 Å². The first-order valence-corrected chi connectivity index (χ1v) is 9.57. The van der Waals surface area contributed by atoms with E-state index in [0.717, 1.165) is 57.9 Å². The Kier molecular flexibility index (Phi) is 9.02. The molecule has 1 aliphatic heterocycles. The number of nitrogens with one attached hydrogen (secondary N) is 1. The molecule has 0 amide bonds. The minimum Gasteiger partial charge on any atom is -0.357 e. The highest BCUT2D eigenvalue weighted by molar-refractivity contribution is 14.0. The monoisotopic (exact) mass is 486 g/mol. The Morgan fingerprint density at radius 1 is 1.30 bits per heavy atom. The molecular weight excluding hydrogens is 455 g/mol. The summed E-state index contributed by atoms with van der Waals surface area (Å²) in [5, 5.41) is 15.4. The first-order valence-electron chi connectivity index (χ1n) is 9.57. The summed E-state index contributed by atoms with van der Waals surface area (Å²) in [6, 6.07) is 0. The van der Waals surface area contributed by atoms with Gasteiger partial charge in [0.2, 0.25) is 0 Å². The van der Waals surface area contributed by atoms with Gasteiger partial charge in [-0.25, -0.2) is 0 Å². The van der Waals surface area contributed by atoms with Gasteiger partial charge in [-0.05, 0) is 44.1 Å². The van der Waals surface area contributed by atoms with Crippen LogP contribution in [0.25, 0.3) is 0 Å². The maximum Gasteiger partial charge on any atom is 0.193 e. The van der Waals surface area contributed by atoms with Crippen LogP contribution in [0.5, 0.6) is 0 Å². The number of aliphatic imine (C=N–C) groups is 1. The maximum absolute atomic E-state index is 4.83. The van der Waals surface area contributed by atoms with Crippen molar-refractivity contribution in [3.63, 3.8) is 0 Å². The van der Waals surface area contributed by atoms with E-state index in [1.54, 1.807) is 12.7 Å². The van der Waals surface area contributed by atoms with Crippen LogP contribution >= 0.6 is 24.0 Å². The lowest BCUT2D eigenvalue weighted by Crippen LogP contribution is -2.40. The lowest BCUT2D eigenvalue weighted by molar-refractivity contribution is 0.459. The fraction of sp³-hybridized carbons (Fsp3) is 0.667. The van der Waals surface area contributed by atoms with Gasteiger partial charge in [0.1, 0.15) is 12.7 Å². The van der Waals surface area contributed by atoms with Crippen molar-refractivity contribution >= 4 is 29.9 Å². The highest BCUT2D eigenvalue weighted by Gasteiger charge is 2.25. The average Bonchev–Trinajstić information content (AvgIpc) is 3.37. The van der Waals surface area contributed by atoms with Gasteiger partial charge in [0.05, 0.1) is 6.20 Å². The molecule has 2 aromatic rings. The Morgan fingerprint density at radius 3 is 2.81 bits per heavy atom. The van der Waals surface area contributed by atoms with Crippen LogP contribution in [0.4, 0.5) is 0 Å². The first kappa shape index (κ1) is 21.6. The number of guanidine groups is 1. The second-order valence-electron chi connectivity index (χ2n) is 6.97. The van der Waals surface area contributed by atoms with Gasteiger partial charge in [-0.15, -0.1) is 34.2 Å². The van der Waals surface area contributed by atoms with Gasteiger partial charge in [0, 0.05) is 46.0 Å². The van der Waals surface area contributed by atoms with Crippen LogP contribution < -0.4 is 5.32 Å². The van der Waals surface area contributed by atoms with E-state index >= 15 is 0 Å². The molecule has 0 aliphatic carbocycles. The van der Waals surface area contributed by atoms with Gasteiger partial charge in [-0.1, -0.05) is 0 Å². The Labute approximate surface area is 178 Å². The molecule has 1 aliphatic rings. The van der Waals surface area contributed by atoms with Gasteiger partial charge in [0.25, 0.3) is 0 Å². The Balaban J connectivity index is 0.00000261. The SMILES string of the molecule is CCNC(=NCCCCn1cnnc1)N1CCC(Cc2cnn(C)c2)C1.I. The molecule has 0 spiro atoms. The van der Waals surface area contributed by atoms with Gasteiger partial charge in [-0.3, -0.25) is 9.67 Å². The van der Waals surface area contributed by atoms with Crippen molar-refractivity contribution < 1.29 is 0 Å². The first-order chi connectivity index (χ1) is 12.7. The van der Waals surface area contributed by atoms with Crippen molar-refractivity contribution in [1.29, 1.82) is 0 Å². The summed E-state index contributed by atoms with van der Waals surface area (Å²) in [5.74, 6) is 1.74. The smallest absolute Gasteiger partial charge is 0.193 e. The van der Waals surface area contributed by atoms with E-state index in [2.05, 4.69) is 38.6 Å². The van der Waals surface area contributed by atoms with Gasteiger partial charge in [-0.2, -0.15) is 5.10 Å². The molecule has 1 saturated heterocycles. The number of unbranched alkanes of at least 4 members (excludes halogenated alkanes) is 1. The molecular formula is C18H31IN8. The highest BCUT2D eigenvalue weighted by Crippen LogP contribution is 2.20. The standard InChI is InChI=1S/C18H30N8.HI/c1-3-19-18(20-7-4-5-8-25-14-21-22-15-25)26-9-6-16(13-26)10-17-11-23-24(2)12-17;/h11-12,14-16H,3-10,13H2,1-2H3,(H,19,20);1H. The topological polar surface area (TPSA) is 76.2 Å². The largest absolute Gasteiger partial charge is 0.357 e. The molecule has 0 radical (unpaired) electrons. The molecule has 9 heteroatoms. The van der Waals surface area contributed by atoms with Crippen LogP contribution in [-0.4, -0.2) is 61.6 Å². The summed E-state index contributed by atoms with van der Waals surface area (Å²) in [7, 11) is 1.98. The van der Waals surface area contributed by atoms with Crippen LogP contribution in [0.1, 0.15) is 31.7 Å². The molecule has 1 fully saturated rings.